The van der Waals surface area contributed by atoms with Gasteiger partial charge in [-0.3, -0.25) is 9.59 Å². The first-order valence-corrected chi connectivity index (χ1v) is 11.7. The van der Waals surface area contributed by atoms with Crippen molar-refractivity contribution >= 4 is 21.7 Å². The number of halogens is 1. The maximum atomic E-state index is 13.5. The minimum absolute atomic E-state index is 0.0635. The minimum atomic E-state index is -3.13. The van der Waals surface area contributed by atoms with E-state index in [2.05, 4.69) is 5.32 Å². The fraction of sp³-hybridized carbons (Fsp3) is 0.889. The number of hydrogen-bond donors (Lipinski definition) is 4. The second-order valence-corrected chi connectivity index (χ2v) is 10.5. The van der Waals surface area contributed by atoms with Crippen molar-refractivity contribution in [1.82, 2.24) is 5.32 Å². The summed E-state index contributed by atoms with van der Waals surface area (Å²) in [5.74, 6) is -2.61. The molecule has 2 aliphatic carbocycles. The molecule has 10 heteroatoms. The summed E-state index contributed by atoms with van der Waals surface area (Å²) in [6.45, 7) is -0.946. The highest BCUT2D eigenvalue weighted by Crippen LogP contribution is 2.32. The molecule has 0 radical (unpaired) electrons. The molecule has 0 spiro atoms. The average Bonchev–Trinajstić information content (AvgIpc) is 2.64. The summed E-state index contributed by atoms with van der Waals surface area (Å²) in [7, 11) is -3.13. The Labute approximate surface area is 165 Å². The molecule has 0 aromatic heterocycles. The van der Waals surface area contributed by atoms with Crippen LogP contribution in [0, 0.1) is 17.8 Å². The Balaban J connectivity index is 1.89. The number of sulfone groups is 1. The first-order chi connectivity index (χ1) is 13.0. The molecule has 2 aliphatic rings. The first-order valence-electron chi connectivity index (χ1n) is 9.75. The minimum Gasteiger partial charge on any atom is -0.392 e. The van der Waals surface area contributed by atoms with Gasteiger partial charge in [0.2, 0.25) is 11.8 Å². The Kier molecular flexibility index (Phi) is 7.81. The molecule has 0 saturated heterocycles. The van der Waals surface area contributed by atoms with Crippen LogP contribution in [-0.4, -0.2) is 66.9 Å². The van der Waals surface area contributed by atoms with Crippen LogP contribution >= 0.6 is 0 Å². The number of nitrogens with two attached hydrogens (primary N) is 1. The van der Waals surface area contributed by atoms with Crippen molar-refractivity contribution in [3.05, 3.63) is 0 Å². The molecule has 162 valence electrons. The molecule has 0 aliphatic heterocycles. The lowest BCUT2D eigenvalue weighted by molar-refractivity contribution is -0.135. The number of hydrogen-bond acceptors (Lipinski definition) is 6. The standard InChI is InChI=1S/C18H31FN2O6S/c1-28(26,27)12-5-2-10(3-6-12)16(23)14(9-19)21-18(25)11-4-7-13(17(20)24)15(22)8-11/h10-16,22-23H,2-9H2,1H3,(H2,20,24)(H,21,25)/t10?,11?,12?,13?,14-,15?,16-/m1/s1. The summed E-state index contributed by atoms with van der Waals surface area (Å²) >= 11 is 0. The van der Waals surface area contributed by atoms with Crippen LogP contribution in [0.4, 0.5) is 4.39 Å². The summed E-state index contributed by atoms with van der Waals surface area (Å²) in [6.07, 6.45) is 1.50. The SMILES string of the molecule is CS(=O)(=O)C1CCC([C@@H](O)[C@@H](CF)NC(=O)C2CCC(C(N)=O)C(O)C2)CC1. The number of carbonyl (C=O) groups is 2. The molecule has 2 saturated carbocycles. The van der Waals surface area contributed by atoms with Crippen LogP contribution in [0.15, 0.2) is 0 Å². The van der Waals surface area contributed by atoms with Crippen LogP contribution < -0.4 is 11.1 Å². The molecule has 0 aromatic rings. The van der Waals surface area contributed by atoms with Gasteiger partial charge in [-0.2, -0.15) is 0 Å². The number of carbonyl (C=O) groups excluding carboxylic acids is 2. The highest BCUT2D eigenvalue weighted by atomic mass is 32.2. The number of rotatable bonds is 7. The molecular weight excluding hydrogens is 391 g/mol. The molecule has 0 bridgehead atoms. The van der Waals surface area contributed by atoms with Crippen molar-refractivity contribution < 1.29 is 32.6 Å². The summed E-state index contributed by atoms with van der Waals surface area (Å²) in [6, 6.07) is -1.08. The Morgan fingerprint density at radius 1 is 1.18 bits per heavy atom. The molecule has 5 N–H and O–H groups in total. The molecule has 0 heterocycles. The summed E-state index contributed by atoms with van der Waals surface area (Å²) < 4.78 is 36.8. The van der Waals surface area contributed by atoms with Gasteiger partial charge in [0.25, 0.3) is 0 Å². The molecule has 28 heavy (non-hydrogen) atoms. The lowest BCUT2D eigenvalue weighted by Gasteiger charge is -2.35. The van der Waals surface area contributed by atoms with E-state index in [-0.39, 0.29) is 18.8 Å². The zero-order valence-electron chi connectivity index (χ0n) is 16.1. The van der Waals surface area contributed by atoms with Gasteiger partial charge in [0, 0.05) is 12.2 Å². The second kappa shape index (κ2) is 9.49. The van der Waals surface area contributed by atoms with Gasteiger partial charge in [-0.15, -0.1) is 0 Å². The topological polar surface area (TPSA) is 147 Å². The monoisotopic (exact) mass is 422 g/mol. The third-order valence-electron chi connectivity index (χ3n) is 6.27. The Bertz CT molecular complexity index is 665. The van der Waals surface area contributed by atoms with Gasteiger partial charge in [-0.1, -0.05) is 0 Å². The zero-order chi connectivity index (χ0) is 21.1. The van der Waals surface area contributed by atoms with Crippen molar-refractivity contribution in [2.75, 3.05) is 12.9 Å². The van der Waals surface area contributed by atoms with Crippen LogP contribution in [0.3, 0.4) is 0 Å². The van der Waals surface area contributed by atoms with E-state index in [1.54, 1.807) is 0 Å². The van der Waals surface area contributed by atoms with Gasteiger partial charge in [-0.25, -0.2) is 12.8 Å². The first kappa shape index (κ1) is 23.0. The van der Waals surface area contributed by atoms with Crippen LogP contribution in [0.25, 0.3) is 0 Å². The normalized spacial score (nSPS) is 33.6. The number of nitrogens with one attached hydrogen (secondary N) is 1. The van der Waals surface area contributed by atoms with Crippen molar-refractivity contribution in [3.63, 3.8) is 0 Å². The van der Waals surface area contributed by atoms with Crippen LogP contribution in [0.1, 0.15) is 44.9 Å². The van der Waals surface area contributed by atoms with Gasteiger partial charge in [0.15, 0.2) is 0 Å². The van der Waals surface area contributed by atoms with Crippen molar-refractivity contribution in [3.8, 4) is 0 Å². The number of alkyl halides is 1. The highest BCUT2D eigenvalue weighted by Gasteiger charge is 2.38. The molecule has 5 atom stereocenters. The summed E-state index contributed by atoms with van der Waals surface area (Å²) in [4.78, 5) is 23.7. The fourth-order valence-electron chi connectivity index (χ4n) is 4.42. The van der Waals surface area contributed by atoms with E-state index in [1.807, 2.05) is 0 Å². The maximum absolute atomic E-state index is 13.5. The van der Waals surface area contributed by atoms with E-state index in [4.69, 9.17) is 5.73 Å². The molecular formula is C18H31FN2O6S. The Morgan fingerprint density at radius 3 is 2.25 bits per heavy atom. The van der Waals surface area contributed by atoms with Crippen LogP contribution in [0.2, 0.25) is 0 Å². The van der Waals surface area contributed by atoms with Crippen molar-refractivity contribution in [1.29, 1.82) is 0 Å². The number of aliphatic hydroxyl groups excluding tert-OH is 2. The third-order valence-corrected chi connectivity index (χ3v) is 7.95. The lowest BCUT2D eigenvalue weighted by Crippen LogP contribution is -2.52. The molecule has 2 fully saturated rings. The van der Waals surface area contributed by atoms with E-state index in [9.17, 15) is 32.6 Å². The van der Waals surface area contributed by atoms with Crippen molar-refractivity contribution in [2.45, 2.75) is 68.4 Å². The third kappa shape index (κ3) is 5.64. The Hall–Kier alpha value is -1.26. The van der Waals surface area contributed by atoms with E-state index in [0.29, 0.717) is 32.1 Å². The van der Waals surface area contributed by atoms with E-state index >= 15 is 0 Å². The second-order valence-electron chi connectivity index (χ2n) is 8.21. The Morgan fingerprint density at radius 2 is 1.79 bits per heavy atom. The largest absolute Gasteiger partial charge is 0.392 e. The molecule has 3 unspecified atom stereocenters. The lowest BCUT2D eigenvalue weighted by atomic mass is 9.78. The molecule has 0 aromatic carbocycles. The predicted octanol–water partition coefficient (Wildman–Crippen LogP) is -0.332. The quantitative estimate of drug-likeness (QED) is 0.442. The van der Waals surface area contributed by atoms with Gasteiger partial charge in [0.1, 0.15) is 16.5 Å². The van der Waals surface area contributed by atoms with Crippen LogP contribution in [-0.2, 0) is 19.4 Å². The number of aliphatic hydroxyl groups is 2. The van der Waals surface area contributed by atoms with E-state index in [1.165, 1.54) is 6.26 Å². The number of amides is 2. The smallest absolute Gasteiger partial charge is 0.223 e. The van der Waals surface area contributed by atoms with Crippen LogP contribution in [0.5, 0.6) is 0 Å². The number of primary amides is 1. The predicted molar refractivity (Wildman–Crippen MR) is 101 cm³/mol. The molecule has 8 nitrogen and oxygen atoms in total. The van der Waals surface area contributed by atoms with E-state index < -0.39 is 63.7 Å². The molecule has 2 rings (SSSR count). The fourth-order valence-corrected chi connectivity index (χ4v) is 5.55. The summed E-state index contributed by atoms with van der Waals surface area (Å²) in [5.41, 5.74) is 5.22. The van der Waals surface area contributed by atoms with E-state index in [0.717, 1.165) is 0 Å². The van der Waals surface area contributed by atoms with Gasteiger partial charge in [-0.05, 0) is 50.9 Å². The highest BCUT2D eigenvalue weighted by molar-refractivity contribution is 7.91. The van der Waals surface area contributed by atoms with Crippen molar-refractivity contribution in [2.24, 2.45) is 23.5 Å². The maximum Gasteiger partial charge on any atom is 0.223 e. The van der Waals surface area contributed by atoms with Gasteiger partial charge >= 0.3 is 0 Å². The summed E-state index contributed by atoms with van der Waals surface area (Å²) in [5, 5.41) is 22.6. The van der Waals surface area contributed by atoms with Gasteiger partial charge in [0.05, 0.1) is 29.4 Å². The average molecular weight is 423 g/mol. The molecule has 2 amide bonds. The zero-order valence-corrected chi connectivity index (χ0v) is 16.9. The van der Waals surface area contributed by atoms with Gasteiger partial charge < -0.3 is 21.3 Å².